The summed E-state index contributed by atoms with van der Waals surface area (Å²) in [5.74, 6) is 1.50. The highest BCUT2D eigenvalue weighted by molar-refractivity contribution is 6.30. The highest BCUT2D eigenvalue weighted by atomic mass is 35.5. The molecule has 0 atom stereocenters. The van der Waals surface area contributed by atoms with E-state index in [1.54, 1.807) is 13.2 Å². The molecule has 0 amide bonds. The minimum atomic E-state index is -0.317. The topological polar surface area (TPSA) is 44.5 Å². The van der Waals surface area contributed by atoms with Crippen molar-refractivity contribution in [3.05, 3.63) is 22.7 Å². The molecule has 2 aliphatic rings. The van der Waals surface area contributed by atoms with Crippen LogP contribution in [0.15, 0.2) is 12.1 Å². The molecule has 0 bridgehead atoms. The molecule has 1 aromatic carbocycles. The zero-order valence-electron chi connectivity index (χ0n) is 11.2. The number of benzene rings is 1. The lowest BCUT2D eigenvalue weighted by Gasteiger charge is -2.28. The van der Waals surface area contributed by atoms with Crippen molar-refractivity contribution in [1.29, 1.82) is 0 Å². The van der Waals surface area contributed by atoms with Gasteiger partial charge < -0.3 is 15.2 Å². The quantitative estimate of drug-likeness (QED) is 0.917. The SMILES string of the molecule is COc1cc(Cl)cc(C2(N)CCCC2)c1OC1CC1. The van der Waals surface area contributed by atoms with Crippen molar-refractivity contribution in [3.8, 4) is 11.5 Å². The van der Waals surface area contributed by atoms with Crippen LogP contribution in [-0.4, -0.2) is 13.2 Å². The van der Waals surface area contributed by atoms with Crippen LogP contribution < -0.4 is 15.2 Å². The Morgan fingerprint density at radius 1 is 1.26 bits per heavy atom. The normalized spacial score (nSPS) is 21.4. The van der Waals surface area contributed by atoms with Crippen molar-refractivity contribution in [3.63, 3.8) is 0 Å². The fourth-order valence-corrected chi connectivity index (χ4v) is 3.05. The first-order valence-corrected chi connectivity index (χ1v) is 7.34. The van der Waals surface area contributed by atoms with Crippen LogP contribution in [0.4, 0.5) is 0 Å². The number of ether oxygens (including phenoxy) is 2. The van der Waals surface area contributed by atoms with E-state index in [4.69, 9.17) is 26.8 Å². The molecular formula is C15H20ClNO2. The standard InChI is InChI=1S/C15H20ClNO2/c1-18-13-9-10(16)8-12(14(13)19-11-4-5-11)15(17)6-2-3-7-15/h8-9,11H,2-7,17H2,1H3. The molecule has 3 rings (SSSR count). The van der Waals surface area contributed by atoms with Crippen LogP contribution in [0, 0.1) is 0 Å². The van der Waals surface area contributed by atoms with E-state index in [0.29, 0.717) is 16.9 Å². The Bertz CT molecular complexity index is 479. The molecule has 1 aromatic rings. The molecule has 19 heavy (non-hydrogen) atoms. The van der Waals surface area contributed by atoms with Gasteiger partial charge in [0.2, 0.25) is 0 Å². The summed E-state index contributed by atoms with van der Waals surface area (Å²) in [5.41, 5.74) is 7.27. The van der Waals surface area contributed by atoms with Gasteiger partial charge in [-0.1, -0.05) is 24.4 Å². The molecule has 0 aromatic heterocycles. The Hall–Kier alpha value is -0.930. The molecule has 0 saturated heterocycles. The Balaban J connectivity index is 2.06. The van der Waals surface area contributed by atoms with Crippen LogP contribution >= 0.6 is 11.6 Å². The number of hydrogen-bond donors (Lipinski definition) is 1. The first-order valence-electron chi connectivity index (χ1n) is 6.96. The van der Waals surface area contributed by atoms with Crippen LogP contribution in [0.25, 0.3) is 0 Å². The minimum absolute atomic E-state index is 0.317. The van der Waals surface area contributed by atoms with Gasteiger partial charge in [0, 0.05) is 22.2 Å². The van der Waals surface area contributed by atoms with E-state index in [1.165, 1.54) is 0 Å². The molecule has 0 radical (unpaired) electrons. The molecule has 3 nitrogen and oxygen atoms in total. The lowest BCUT2D eigenvalue weighted by Crippen LogP contribution is -2.33. The van der Waals surface area contributed by atoms with Gasteiger partial charge in [-0.3, -0.25) is 0 Å². The lowest BCUT2D eigenvalue weighted by atomic mass is 9.88. The lowest BCUT2D eigenvalue weighted by molar-refractivity contribution is 0.270. The molecule has 2 aliphatic carbocycles. The summed E-state index contributed by atoms with van der Waals surface area (Å²) in [6, 6.07) is 3.76. The highest BCUT2D eigenvalue weighted by Gasteiger charge is 2.37. The average Bonchev–Trinajstić information content (AvgIpc) is 3.10. The van der Waals surface area contributed by atoms with Gasteiger partial charge in [-0.25, -0.2) is 0 Å². The number of halogens is 1. The molecule has 0 aliphatic heterocycles. The van der Waals surface area contributed by atoms with Crippen LogP contribution in [0.5, 0.6) is 11.5 Å². The number of methoxy groups -OCH3 is 1. The number of hydrogen-bond acceptors (Lipinski definition) is 3. The van der Waals surface area contributed by atoms with Crippen molar-refractivity contribution in [2.45, 2.75) is 50.2 Å². The van der Waals surface area contributed by atoms with Crippen molar-refractivity contribution in [2.24, 2.45) is 5.73 Å². The fraction of sp³-hybridized carbons (Fsp3) is 0.600. The van der Waals surface area contributed by atoms with Crippen molar-refractivity contribution in [1.82, 2.24) is 0 Å². The van der Waals surface area contributed by atoms with E-state index >= 15 is 0 Å². The first-order chi connectivity index (χ1) is 9.12. The number of nitrogens with two attached hydrogens (primary N) is 1. The van der Waals surface area contributed by atoms with E-state index in [2.05, 4.69) is 0 Å². The zero-order valence-corrected chi connectivity index (χ0v) is 12.0. The summed E-state index contributed by atoms with van der Waals surface area (Å²) in [7, 11) is 1.65. The Labute approximate surface area is 119 Å². The molecule has 0 spiro atoms. The third-order valence-corrected chi connectivity index (χ3v) is 4.30. The Morgan fingerprint density at radius 3 is 2.53 bits per heavy atom. The molecule has 2 fully saturated rings. The maximum atomic E-state index is 6.58. The fourth-order valence-electron chi connectivity index (χ4n) is 2.84. The van der Waals surface area contributed by atoms with Crippen LogP contribution in [0.3, 0.4) is 0 Å². The number of rotatable bonds is 4. The molecular weight excluding hydrogens is 262 g/mol. The molecule has 0 unspecified atom stereocenters. The van der Waals surface area contributed by atoms with Gasteiger partial charge in [0.15, 0.2) is 11.5 Å². The van der Waals surface area contributed by atoms with Gasteiger partial charge >= 0.3 is 0 Å². The van der Waals surface area contributed by atoms with E-state index < -0.39 is 0 Å². The third-order valence-electron chi connectivity index (χ3n) is 4.08. The second kappa shape index (κ2) is 4.88. The maximum Gasteiger partial charge on any atom is 0.166 e. The zero-order chi connectivity index (χ0) is 13.5. The summed E-state index contributed by atoms with van der Waals surface area (Å²) in [5, 5.41) is 0.659. The summed E-state index contributed by atoms with van der Waals surface area (Å²) >= 11 is 6.20. The Morgan fingerprint density at radius 2 is 1.95 bits per heavy atom. The van der Waals surface area contributed by atoms with Crippen molar-refractivity contribution in [2.75, 3.05) is 7.11 Å². The van der Waals surface area contributed by atoms with Gasteiger partial charge in [-0.2, -0.15) is 0 Å². The minimum Gasteiger partial charge on any atom is -0.493 e. The van der Waals surface area contributed by atoms with Crippen molar-refractivity contribution >= 4 is 11.6 Å². The van der Waals surface area contributed by atoms with Gasteiger partial charge in [-0.15, -0.1) is 0 Å². The van der Waals surface area contributed by atoms with Gasteiger partial charge in [0.25, 0.3) is 0 Å². The summed E-state index contributed by atoms with van der Waals surface area (Å²) in [4.78, 5) is 0. The summed E-state index contributed by atoms with van der Waals surface area (Å²) in [6.07, 6.45) is 6.84. The van der Waals surface area contributed by atoms with Gasteiger partial charge in [0.05, 0.1) is 13.2 Å². The van der Waals surface area contributed by atoms with E-state index in [-0.39, 0.29) is 5.54 Å². The molecule has 4 heteroatoms. The van der Waals surface area contributed by atoms with Crippen LogP contribution in [0.2, 0.25) is 5.02 Å². The first kappa shape index (κ1) is 13.1. The average molecular weight is 282 g/mol. The van der Waals surface area contributed by atoms with E-state index in [1.807, 2.05) is 6.07 Å². The third kappa shape index (κ3) is 2.54. The molecule has 2 N–H and O–H groups in total. The molecule has 0 heterocycles. The predicted octanol–water partition coefficient (Wildman–Crippen LogP) is 3.62. The van der Waals surface area contributed by atoms with Crippen LogP contribution in [0.1, 0.15) is 44.1 Å². The highest BCUT2D eigenvalue weighted by Crippen LogP contribution is 2.47. The van der Waals surface area contributed by atoms with Gasteiger partial charge in [-0.05, 0) is 31.7 Å². The second-order valence-corrected chi connectivity index (χ2v) is 6.10. The predicted molar refractivity (Wildman–Crippen MR) is 76.0 cm³/mol. The largest absolute Gasteiger partial charge is 0.493 e. The smallest absolute Gasteiger partial charge is 0.166 e. The van der Waals surface area contributed by atoms with Crippen molar-refractivity contribution < 1.29 is 9.47 Å². The molecule has 104 valence electrons. The summed E-state index contributed by atoms with van der Waals surface area (Å²) < 4.78 is 11.5. The second-order valence-electron chi connectivity index (χ2n) is 5.67. The maximum absolute atomic E-state index is 6.58. The van der Waals surface area contributed by atoms with E-state index in [9.17, 15) is 0 Å². The van der Waals surface area contributed by atoms with Crippen LogP contribution in [-0.2, 0) is 5.54 Å². The Kier molecular flexibility index (Phi) is 3.35. The van der Waals surface area contributed by atoms with Gasteiger partial charge in [0.1, 0.15) is 0 Å². The monoisotopic (exact) mass is 281 g/mol. The summed E-state index contributed by atoms with van der Waals surface area (Å²) in [6.45, 7) is 0. The van der Waals surface area contributed by atoms with E-state index in [0.717, 1.165) is 49.8 Å². The molecule has 2 saturated carbocycles.